The lowest BCUT2D eigenvalue weighted by molar-refractivity contribution is -0.143. The fourth-order valence-electron chi connectivity index (χ4n) is 3.10. The molecule has 1 aliphatic rings. The Morgan fingerprint density at radius 1 is 1.16 bits per heavy atom. The molecule has 130 valence electrons. The molecule has 0 aliphatic carbocycles. The summed E-state index contributed by atoms with van der Waals surface area (Å²) in [5.41, 5.74) is 1.68. The number of nitrogens with zero attached hydrogens (tertiary/aromatic N) is 2. The van der Waals surface area contributed by atoms with Crippen molar-refractivity contribution < 1.29 is 14.7 Å². The first kappa shape index (κ1) is 17.0. The summed E-state index contributed by atoms with van der Waals surface area (Å²) in [5, 5.41) is 12.2. The first-order chi connectivity index (χ1) is 12.1. The Labute approximate surface area is 146 Å². The van der Waals surface area contributed by atoms with Gasteiger partial charge in [0.15, 0.2) is 0 Å². The lowest BCUT2D eigenvalue weighted by Crippen LogP contribution is -2.48. The van der Waals surface area contributed by atoms with Gasteiger partial charge in [0.1, 0.15) is 0 Å². The number of likely N-dealkylation sites (tertiary alicyclic amines) is 1. The molecule has 2 unspecified atom stereocenters. The van der Waals surface area contributed by atoms with Gasteiger partial charge in [-0.3, -0.25) is 9.78 Å². The summed E-state index contributed by atoms with van der Waals surface area (Å²) in [4.78, 5) is 29.9. The van der Waals surface area contributed by atoms with E-state index in [4.69, 9.17) is 0 Å². The number of urea groups is 1. The summed E-state index contributed by atoms with van der Waals surface area (Å²) in [6.45, 7) is 0.810. The van der Waals surface area contributed by atoms with Crippen LogP contribution in [0, 0.1) is 5.92 Å². The van der Waals surface area contributed by atoms with Gasteiger partial charge in [-0.1, -0.05) is 36.4 Å². The monoisotopic (exact) mass is 339 g/mol. The van der Waals surface area contributed by atoms with Crippen molar-refractivity contribution in [3.8, 4) is 0 Å². The minimum absolute atomic E-state index is 0.241. The molecule has 1 aliphatic heterocycles. The third kappa shape index (κ3) is 4.15. The summed E-state index contributed by atoms with van der Waals surface area (Å²) in [5.74, 6) is -1.34. The average molecular weight is 339 g/mol. The Morgan fingerprint density at radius 3 is 2.60 bits per heavy atom. The third-order valence-electron chi connectivity index (χ3n) is 4.44. The fourth-order valence-corrected chi connectivity index (χ4v) is 3.10. The molecule has 1 aromatic heterocycles. The zero-order chi connectivity index (χ0) is 17.6. The van der Waals surface area contributed by atoms with Gasteiger partial charge in [0, 0.05) is 19.3 Å². The molecule has 1 saturated heterocycles. The Kier molecular flexibility index (Phi) is 5.28. The van der Waals surface area contributed by atoms with E-state index in [1.54, 1.807) is 11.1 Å². The number of carboxylic acid groups (broad SMARTS) is 1. The van der Waals surface area contributed by atoms with Crippen LogP contribution in [0.2, 0.25) is 0 Å². The van der Waals surface area contributed by atoms with Crippen molar-refractivity contribution >= 4 is 12.0 Å². The normalized spacial score (nSPS) is 18.4. The van der Waals surface area contributed by atoms with E-state index in [-0.39, 0.29) is 18.6 Å². The number of carbonyl (C=O) groups excluding carboxylic acids is 1. The predicted molar refractivity (Wildman–Crippen MR) is 93.0 cm³/mol. The van der Waals surface area contributed by atoms with Gasteiger partial charge in [-0.05, 0) is 30.5 Å². The van der Waals surface area contributed by atoms with E-state index in [2.05, 4.69) is 10.3 Å². The van der Waals surface area contributed by atoms with Gasteiger partial charge in [0.2, 0.25) is 0 Å². The molecule has 0 saturated carbocycles. The fraction of sp³-hybridized carbons (Fsp3) is 0.316. The Bertz CT molecular complexity index is 682. The smallest absolute Gasteiger partial charge is 0.318 e. The van der Waals surface area contributed by atoms with Gasteiger partial charge in [0.05, 0.1) is 17.7 Å². The number of hydrogen-bond donors (Lipinski definition) is 2. The molecule has 2 atom stereocenters. The highest BCUT2D eigenvalue weighted by atomic mass is 16.4. The number of rotatable bonds is 4. The van der Waals surface area contributed by atoms with Crippen molar-refractivity contribution in [2.45, 2.75) is 18.9 Å². The molecule has 0 spiro atoms. The Morgan fingerprint density at radius 2 is 1.92 bits per heavy atom. The second-order valence-corrected chi connectivity index (χ2v) is 6.17. The SMILES string of the molecule is O=C(O)C1CCCN(C(=O)NC(c2ccccc2)c2ccccn2)C1. The molecule has 3 rings (SSSR count). The number of hydrogen-bond acceptors (Lipinski definition) is 3. The maximum absolute atomic E-state index is 12.7. The zero-order valence-electron chi connectivity index (χ0n) is 13.8. The van der Waals surface area contributed by atoms with E-state index in [1.165, 1.54) is 0 Å². The van der Waals surface area contributed by atoms with E-state index >= 15 is 0 Å². The zero-order valence-corrected chi connectivity index (χ0v) is 13.8. The predicted octanol–water partition coefficient (Wildman–Crippen LogP) is 2.68. The quantitative estimate of drug-likeness (QED) is 0.897. The van der Waals surface area contributed by atoms with Gasteiger partial charge in [-0.15, -0.1) is 0 Å². The van der Waals surface area contributed by atoms with Crippen molar-refractivity contribution in [2.24, 2.45) is 5.92 Å². The van der Waals surface area contributed by atoms with Crippen LogP contribution in [0.15, 0.2) is 54.7 Å². The molecule has 1 fully saturated rings. The largest absolute Gasteiger partial charge is 0.481 e. The second kappa shape index (κ2) is 7.79. The average Bonchev–Trinajstić information content (AvgIpc) is 2.67. The minimum Gasteiger partial charge on any atom is -0.481 e. The van der Waals surface area contributed by atoms with Crippen LogP contribution in [0.25, 0.3) is 0 Å². The minimum atomic E-state index is -0.846. The molecule has 1 aromatic carbocycles. The maximum Gasteiger partial charge on any atom is 0.318 e. The van der Waals surface area contributed by atoms with Crippen LogP contribution in [0.4, 0.5) is 4.79 Å². The standard InChI is InChI=1S/C19H21N3O3/c23-18(24)15-9-6-12-22(13-15)19(25)21-17(14-7-2-1-3-8-14)16-10-4-5-11-20-16/h1-5,7-8,10-11,15,17H,6,9,12-13H2,(H,21,25)(H,23,24). The lowest BCUT2D eigenvalue weighted by atomic mass is 9.98. The third-order valence-corrected chi connectivity index (χ3v) is 4.44. The molecule has 25 heavy (non-hydrogen) atoms. The summed E-state index contributed by atoms with van der Waals surface area (Å²) >= 11 is 0. The number of aliphatic carboxylic acids is 1. The van der Waals surface area contributed by atoms with E-state index < -0.39 is 11.9 Å². The highest BCUT2D eigenvalue weighted by Gasteiger charge is 2.29. The van der Waals surface area contributed by atoms with E-state index in [9.17, 15) is 14.7 Å². The second-order valence-electron chi connectivity index (χ2n) is 6.17. The van der Waals surface area contributed by atoms with Crippen molar-refractivity contribution in [2.75, 3.05) is 13.1 Å². The van der Waals surface area contributed by atoms with E-state index in [0.717, 1.165) is 11.3 Å². The van der Waals surface area contributed by atoms with Crippen molar-refractivity contribution in [1.82, 2.24) is 15.2 Å². The van der Waals surface area contributed by atoms with E-state index in [0.29, 0.717) is 19.4 Å². The molecule has 6 nitrogen and oxygen atoms in total. The molecule has 2 aromatic rings. The molecule has 2 N–H and O–H groups in total. The number of pyridine rings is 1. The van der Waals surface area contributed by atoms with Crippen LogP contribution in [-0.2, 0) is 4.79 Å². The van der Waals surface area contributed by atoms with Crippen LogP contribution in [0.3, 0.4) is 0 Å². The Balaban J connectivity index is 1.78. The van der Waals surface area contributed by atoms with Gasteiger partial charge < -0.3 is 15.3 Å². The van der Waals surface area contributed by atoms with E-state index in [1.807, 2.05) is 48.5 Å². The highest BCUT2D eigenvalue weighted by molar-refractivity contribution is 5.77. The van der Waals surface area contributed by atoms with Crippen LogP contribution in [0.5, 0.6) is 0 Å². The summed E-state index contributed by atoms with van der Waals surface area (Å²) in [6.07, 6.45) is 3.00. The number of nitrogens with one attached hydrogen (secondary N) is 1. The molecule has 2 amide bonds. The first-order valence-electron chi connectivity index (χ1n) is 8.39. The molecule has 2 heterocycles. The number of piperidine rings is 1. The van der Waals surface area contributed by atoms with Crippen LogP contribution < -0.4 is 5.32 Å². The molecule has 6 heteroatoms. The van der Waals surface area contributed by atoms with Crippen LogP contribution in [0.1, 0.15) is 30.1 Å². The maximum atomic E-state index is 12.7. The Hall–Kier alpha value is -2.89. The number of amides is 2. The van der Waals surface area contributed by atoms with Crippen molar-refractivity contribution in [3.63, 3.8) is 0 Å². The topological polar surface area (TPSA) is 82.5 Å². The van der Waals surface area contributed by atoms with Crippen molar-refractivity contribution in [1.29, 1.82) is 0 Å². The highest BCUT2D eigenvalue weighted by Crippen LogP contribution is 2.22. The van der Waals surface area contributed by atoms with Gasteiger partial charge in [-0.25, -0.2) is 4.79 Å². The van der Waals surface area contributed by atoms with Crippen LogP contribution in [-0.4, -0.2) is 40.1 Å². The number of carboxylic acids is 1. The summed E-state index contributed by atoms with van der Waals surface area (Å²) in [7, 11) is 0. The number of carbonyl (C=O) groups is 2. The van der Waals surface area contributed by atoms with Gasteiger partial charge >= 0.3 is 12.0 Å². The molecular weight excluding hydrogens is 318 g/mol. The van der Waals surface area contributed by atoms with Crippen molar-refractivity contribution in [3.05, 3.63) is 66.0 Å². The summed E-state index contributed by atoms with van der Waals surface area (Å²) in [6, 6.07) is 14.6. The summed E-state index contributed by atoms with van der Waals surface area (Å²) < 4.78 is 0. The lowest BCUT2D eigenvalue weighted by Gasteiger charge is -2.32. The molecule has 0 bridgehead atoms. The first-order valence-corrected chi connectivity index (χ1v) is 8.39. The van der Waals surface area contributed by atoms with Crippen LogP contribution >= 0.6 is 0 Å². The number of aromatic nitrogens is 1. The van der Waals surface area contributed by atoms with Gasteiger partial charge in [0.25, 0.3) is 0 Å². The molecular formula is C19H21N3O3. The van der Waals surface area contributed by atoms with Gasteiger partial charge in [-0.2, -0.15) is 0 Å². The molecule has 0 radical (unpaired) electrons. The number of benzene rings is 1.